The quantitative estimate of drug-likeness (QED) is 0.846. The van der Waals surface area contributed by atoms with Gasteiger partial charge in [0.05, 0.1) is 0 Å². The van der Waals surface area contributed by atoms with Gasteiger partial charge in [-0.15, -0.1) is 0 Å². The number of piperidine rings is 1. The normalized spacial score (nSPS) is 24.0. The van der Waals surface area contributed by atoms with E-state index in [9.17, 15) is 0 Å². The van der Waals surface area contributed by atoms with Gasteiger partial charge in [0.1, 0.15) is 0 Å². The molecule has 2 aliphatic heterocycles. The number of hydrogen-bond acceptors (Lipinski definition) is 3. The summed E-state index contributed by atoms with van der Waals surface area (Å²) < 4.78 is 0. The van der Waals surface area contributed by atoms with Gasteiger partial charge in [0, 0.05) is 45.3 Å². The fraction of sp³-hybridized carbons (Fsp3) is 0.545. The third kappa shape index (κ3) is 4.05. The van der Waals surface area contributed by atoms with E-state index in [-0.39, 0.29) is 0 Å². The molecule has 0 radical (unpaired) electrons. The third-order valence-electron chi connectivity index (χ3n) is 6.13. The van der Waals surface area contributed by atoms with Crippen molar-refractivity contribution in [2.24, 2.45) is 0 Å². The van der Waals surface area contributed by atoms with Crippen LogP contribution in [0.3, 0.4) is 0 Å². The molecule has 3 heteroatoms. The van der Waals surface area contributed by atoms with Crippen molar-refractivity contribution in [3.63, 3.8) is 0 Å². The average Bonchev–Trinajstić information content (AvgIpc) is 2.65. The molecule has 0 amide bonds. The van der Waals surface area contributed by atoms with Crippen molar-refractivity contribution in [1.29, 1.82) is 0 Å². The summed E-state index contributed by atoms with van der Waals surface area (Å²) in [6, 6.07) is 16.3. The summed E-state index contributed by atoms with van der Waals surface area (Å²) in [6.45, 7) is 8.45. The first-order valence-electron chi connectivity index (χ1n) is 9.91. The van der Waals surface area contributed by atoms with Gasteiger partial charge in [0.25, 0.3) is 0 Å². The first-order valence-corrected chi connectivity index (χ1v) is 9.91. The van der Waals surface area contributed by atoms with Crippen LogP contribution in [-0.4, -0.2) is 67.1 Å². The Labute approximate surface area is 152 Å². The first kappa shape index (κ1) is 17.0. The van der Waals surface area contributed by atoms with E-state index in [1.807, 2.05) is 0 Å². The van der Waals surface area contributed by atoms with Crippen molar-refractivity contribution >= 4 is 10.8 Å². The van der Waals surface area contributed by atoms with Crippen molar-refractivity contribution in [2.75, 3.05) is 46.3 Å². The molecule has 2 heterocycles. The maximum Gasteiger partial charge on any atom is 0.0240 e. The lowest BCUT2D eigenvalue weighted by atomic mass is 10.0. The monoisotopic (exact) mass is 337 g/mol. The Morgan fingerprint density at radius 1 is 0.840 bits per heavy atom. The minimum Gasteiger partial charge on any atom is -0.302 e. The summed E-state index contributed by atoms with van der Waals surface area (Å²) in [5.74, 6) is 0. The lowest BCUT2D eigenvalue weighted by Gasteiger charge is -2.40. The van der Waals surface area contributed by atoms with E-state index < -0.39 is 0 Å². The summed E-state index contributed by atoms with van der Waals surface area (Å²) in [4.78, 5) is 7.89. The molecule has 2 saturated heterocycles. The van der Waals surface area contributed by atoms with Gasteiger partial charge in [-0.2, -0.15) is 0 Å². The molecule has 0 spiro atoms. The highest BCUT2D eigenvalue weighted by Gasteiger charge is 2.24. The van der Waals surface area contributed by atoms with Gasteiger partial charge < -0.3 is 4.90 Å². The van der Waals surface area contributed by atoms with Crippen LogP contribution in [0.4, 0.5) is 0 Å². The van der Waals surface area contributed by atoms with Crippen molar-refractivity contribution in [3.05, 3.63) is 48.0 Å². The van der Waals surface area contributed by atoms with E-state index in [2.05, 4.69) is 64.2 Å². The summed E-state index contributed by atoms with van der Waals surface area (Å²) in [6.07, 6.45) is 4.18. The predicted molar refractivity (Wildman–Crippen MR) is 106 cm³/mol. The Hall–Kier alpha value is -1.42. The number of hydrogen-bond donors (Lipinski definition) is 0. The van der Waals surface area contributed by atoms with E-state index in [4.69, 9.17) is 0 Å². The van der Waals surface area contributed by atoms with Crippen LogP contribution in [0.15, 0.2) is 42.5 Å². The molecule has 4 rings (SSSR count). The van der Waals surface area contributed by atoms with Crippen molar-refractivity contribution in [3.8, 4) is 0 Å². The molecule has 2 aliphatic rings. The second-order valence-electron chi connectivity index (χ2n) is 7.85. The molecular formula is C22H31N3. The fourth-order valence-corrected chi connectivity index (χ4v) is 4.47. The largest absolute Gasteiger partial charge is 0.302 e. The van der Waals surface area contributed by atoms with Crippen LogP contribution in [0.2, 0.25) is 0 Å². The van der Waals surface area contributed by atoms with Gasteiger partial charge in [0.15, 0.2) is 0 Å². The first-order chi connectivity index (χ1) is 12.3. The maximum absolute atomic E-state index is 2.69. The zero-order valence-corrected chi connectivity index (χ0v) is 15.5. The highest BCUT2D eigenvalue weighted by atomic mass is 15.3. The molecule has 0 aromatic heterocycles. The standard InChI is InChI=1S/C22H31N3/c1-23-12-5-4-10-21(23)18-25-15-13-24(14-16-25)17-20-9-6-8-19-7-2-3-11-22(19)20/h2-3,6-9,11,21H,4-5,10,12-18H2,1H3. The van der Waals surface area contributed by atoms with Crippen LogP contribution in [0.5, 0.6) is 0 Å². The second kappa shape index (κ2) is 7.86. The molecule has 25 heavy (non-hydrogen) atoms. The van der Waals surface area contributed by atoms with Gasteiger partial charge in [-0.25, -0.2) is 0 Å². The van der Waals surface area contributed by atoms with E-state index in [0.29, 0.717) is 0 Å². The number of fused-ring (bicyclic) bond motifs is 1. The van der Waals surface area contributed by atoms with Crippen LogP contribution in [0.1, 0.15) is 24.8 Å². The van der Waals surface area contributed by atoms with E-state index in [1.165, 1.54) is 74.9 Å². The number of benzene rings is 2. The van der Waals surface area contributed by atoms with Crippen LogP contribution < -0.4 is 0 Å². The molecule has 3 nitrogen and oxygen atoms in total. The van der Waals surface area contributed by atoms with Crippen molar-refractivity contribution in [1.82, 2.24) is 14.7 Å². The predicted octanol–water partition coefficient (Wildman–Crippen LogP) is 3.44. The number of likely N-dealkylation sites (tertiary alicyclic amines) is 1. The fourth-order valence-electron chi connectivity index (χ4n) is 4.47. The molecular weight excluding hydrogens is 306 g/mol. The maximum atomic E-state index is 2.69. The smallest absolute Gasteiger partial charge is 0.0240 e. The number of rotatable bonds is 4. The van der Waals surface area contributed by atoms with Crippen LogP contribution >= 0.6 is 0 Å². The lowest BCUT2D eigenvalue weighted by Crippen LogP contribution is -2.51. The molecule has 134 valence electrons. The number of likely N-dealkylation sites (N-methyl/N-ethyl adjacent to an activating group) is 1. The number of piperazine rings is 1. The van der Waals surface area contributed by atoms with E-state index in [1.54, 1.807) is 0 Å². The van der Waals surface area contributed by atoms with Gasteiger partial charge in [-0.3, -0.25) is 9.80 Å². The minimum absolute atomic E-state index is 0.776. The Balaban J connectivity index is 1.33. The Bertz CT molecular complexity index is 685. The van der Waals surface area contributed by atoms with Gasteiger partial charge in [-0.05, 0) is 42.8 Å². The minimum atomic E-state index is 0.776. The molecule has 2 aromatic carbocycles. The lowest BCUT2D eigenvalue weighted by molar-refractivity contribution is 0.0819. The van der Waals surface area contributed by atoms with Gasteiger partial charge >= 0.3 is 0 Å². The van der Waals surface area contributed by atoms with Gasteiger partial charge in [0.2, 0.25) is 0 Å². The molecule has 1 unspecified atom stereocenters. The summed E-state index contributed by atoms with van der Waals surface area (Å²) in [7, 11) is 2.31. The van der Waals surface area contributed by atoms with Crippen molar-refractivity contribution < 1.29 is 0 Å². The van der Waals surface area contributed by atoms with Crippen LogP contribution in [0, 0.1) is 0 Å². The number of nitrogens with zero attached hydrogens (tertiary/aromatic N) is 3. The topological polar surface area (TPSA) is 9.72 Å². The summed E-state index contributed by atoms with van der Waals surface area (Å²) in [5.41, 5.74) is 1.47. The molecule has 2 fully saturated rings. The Kier molecular flexibility index (Phi) is 5.35. The van der Waals surface area contributed by atoms with Crippen LogP contribution in [0.25, 0.3) is 10.8 Å². The van der Waals surface area contributed by atoms with Gasteiger partial charge in [-0.1, -0.05) is 48.9 Å². The molecule has 1 atom stereocenters. The average molecular weight is 338 g/mol. The molecule has 0 aliphatic carbocycles. The summed E-state index contributed by atoms with van der Waals surface area (Å²) >= 11 is 0. The van der Waals surface area contributed by atoms with E-state index >= 15 is 0 Å². The zero-order valence-electron chi connectivity index (χ0n) is 15.5. The second-order valence-corrected chi connectivity index (χ2v) is 7.85. The van der Waals surface area contributed by atoms with E-state index in [0.717, 1.165) is 12.6 Å². The molecule has 0 bridgehead atoms. The molecule has 0 N–H and O–H groups in total. The third-order valence-corrected chi connectivity index (χ3v) is 6.13. The highest BCUT2D eigenvalue weighted by Crippen LogP contribution is 2.21. The molecule has 2 aromatic rings. The summed E-state index contributed by atoms with van der Waals surface area (Å²) in [5, 5.41) is 2.77. The van der Waals surface area contributed by atoms with Crippen molar-refractivity contribution in [2.45, 2.75) is 31.8 Å². The van der Waals surface area contributed by atoms with Crippen LogP contribution in [-0.2, 0) is 6.54 Å². The SMILES string of the molecule is CN1CCCCC1CN1CCN(Cc2cccc3ccccc23)CC1. The Morgan fingerprint density at radius 3 is 2.44 bits per heavy atom. The zero-order chi connectivity index (χ0) is 17.1. The molecule has 0 saturated carbocycles. The highest BCUT2D eigenvalue weighted by molar-refractivity contribution is 5.85. The Morgan fingerprint density at radius 2 is 1.60 bits per heavy atom.